The number of carbonyl (C=O) groups excluding carboxylic acids is 2. The zero-order valence-electron chi connectivity index (χ0n) is 12.3. The van der Waals surface area contributed by atoms with E-state index in [2.05, 4.69) is 10.9 Å². The highest BCUT2D eigenvalue weighted by atomic mass is 32.2. The Kier molecular flexibility index (Phi) is 6.03. The summed E-state index contributed by atoms with van der Waals surface area (Å²) in [6.07, 6.45) is 0. The number of carbonyl (C=O) groups is 2. The Balaban J connectivity index is 1.76. The summed E-state index contributed by atoms with van der Waals surface area (Å²) < 4.78 is 0. The Labute approximate surface area is 134 Å². The van der Waals surface area contributed by atoms with Gasteiger partial charge in [-0.1, -0.05) is 48.5 Å². The van der Waals surface area contributed by atoms with E-state index >= 15 is 0 Å². The topological polar surface area (TPSA) is 58.2 Å². The Hall–Kier alpha value is -2.27. The second-order valence-corrected chi connectivity index (χ2v) is 6.08. The average Bonchev–Trinajstić information content (AvgIpc) is 2.58. The van der Waals surface area contributed by atoms with Gasteiger partial charge in [0.1, 0.15) is 0 Å². The summed E-state index contributed by atoms with van der Waals surface area (Å²) in [5, 5.41) is -0.253. The van der Waals surface area contributed by atoms with Gasteiger partial charge in [-0.25, -0.2) is 0 Å². The number of nitrogens with one attached hydrogen (secondary N) is 2. The van der Waals surface area contributed by atoms with Gasteiger partial charge in [-0.15, -0.1) is 11.8 Å². The SMILES string of the molecule is C[C@H](SCc1ccccc1)C(=O)NNC(=O)c1ccccc1. The largest absolute Gasteiger partial charge is 0.272 e. The minimum Gasteiger partial charge on any atom is -0.272 e. The van der Waals surface area contributed by atoms with Crippen molar-refractivity contribution < 1.29 is 9.59 Å². The van der Waals surface area contributed by atoms with Crippen LogP contribution in [0.1, 0.15) is 22.8 Å². The molecule has 22 heavy (non-hydrogen) atoms. The van der Waals surface area contributed by atoms with Gasteiger partial charge < -0.3 is 0 Å². The van der Waals surface area contributed by atoms with Gasteiger partial charge in [0, 0.05) is 11.3 Å². The second-order valence-electron chi connectivity index (χ2n) is 4.75. The Morgan fingerprint density at radius 2 is 1.55 bits per heavy atom. The third-order valence-electron chi connectivity index (χ3n) is 3.05. The number of hydrogen-bond donors (Lipinski definition) is 2. The van der Waals surface area contributed by atoms with Crippen LogP contribution in [0.5, 0.6) is 0 Å². The standard InChI is InChI=1S/C17H18N2O2S/c1-13(22-12-14-8-4-2-5-9-14)16(20)18-19-17(21)15-10-6-3-7-11-15/h2-11,13H,12H2,1H3,(H,18,20)(H,19,21)/t13-/m0/s1. The van der Waals surface area contributed by atoms with Gasteiger partial charge in [0.2, 0.25) is 0 Å². The first-order valence-corrected chi connectivity index (χ1v) is 8.02. The molecule has 1 atom stereocenters. The lowest BCUT2D eigenvalue weighted by Gasteiger charge is -2.12. The monoisotopic (exact) mass is 314 g/mol. The van der Waals surface area contributed by atoms with Crippen LogP contribution in [0.15, 0.2) is 60.7 Å². The van der Waals surface area contributed by atoms with Crippen LogP contribution in [0.25, 0.3) is 0 Å². The molecule has 0 aliphatic carbocycles. The molecule has 0 heterocycles. The summed E-state index contributed by atoms with van der Waals surface area (Å²) in [6, 6.07) is 18.7. The van der Waals surface area contributed by atoms with E-state index in [0.29, 0.717) is 5.56 Å². The molecule has 114 valence electrons. The highest BCUT2D eigenvalue weighted by Crippen LogP contribution is 2.17. The van der Waals surface area contributed by atoms with Crippen molar-refractivity contribution in [1.82, 2.24) is 10.9 Å². The van der Waals surface area contributed by atoms with Gasteiger partial charge in [-0.2, -0.15) is 0 Å². The third-order valence-corrected chi connectivity index (χ3v) is 4.26. The van der Waals surface area contributed by atoms with Crippen molar-refractivity contribution in [3.8, 4) is 0 Å². The van der Waals surface area contributed by atoms with E-state index < -0.39 is 0 Å². The highest BCUT2D eigenvalue weighted by molar-refractivity contribution is 7.99. The summed E-state index contributed by atoms with van der Waals surface area (Å²) in [7, 11) is 0. The van der Waals surface area contributed by atoms with E-state index in [1.54, 1.807) is 24.3 Å². The first-order valence-electron chi connectivity index (χ1n) is 6.97. The van der Waals surface area contributed by atoms with Crippen molar-refractivity contribution in [2.45, 2.75) is 17.9 Å². The molecule has 0 aromatic heterocycles. The number of hydrazine groups is 1. The van der Waals surface area contributed by atoms with Crippen molar-refractivity contribution in [3.63, 3.8) is 0 Å². The van der Waals surface area contributed by atoms with Crippen molar-refractivity contribution in [2.24, 2.45) is 0 Å². The van der Waals surface area contributed by atoms with Gasteiger partial charge in [0.15, 0.2) is 0 Å². The van der Waals surface area contributed by atoms with Crippen LogP contribution in [0.4, 0.5) is 0 Å². The Morgan fingerprint density at radius 3 is 2.18 bits per heavy atom. The lowest BCUT2D eigenvalue weighted by atomic mass is 10.2. The van der Waals surface area contributed by atoms with E-state index in [4.69, 9.17) is 0 Å². The van der Waals surface area contributed by atoms with Crippen LogP contribution in [0.3, 0.4) is 0 Å². The van der Waals surface area contributed by atoms with Gasteiger partial charge in [-0.05, 0) is 24.6 Å². The summed E-state index contributed by atoms with van der Waals surface area (Å²) >= 11 is 1.52. The minimum absolute atomic E-state index is 0.217. The first-order chi connectivity index (χ1) is 10.7. The van der Waals surface area contributed by atoms with Crippen LogP contribution in [-0.2, 0) is 10.5 Å². The molecule has 0 fully saturated rings. The zero-order chi connectivity index (χ0) is 15.8. The number of benzene rings is 2. The molecule has 2 N–H and O–H groups in total. The Morgan fingerprint density at radius 1 is 0.955 bits per heavy atom. The van der Waals surface area contributed by atoms with Gasteiger partial charge in [-0.3, -0.25) is 20.4 Å². The molecule has 2 aromatic rings. The fraction of sp³-hybridized carbons (Fsp3) is 0.176. The Bertz CT molecular complexity index is 617. The fourth-order valence-electron chi connectivity index (χ4n) is 1.75. The molecule has 0 aliphatic rings. The molecule has 0 spiro atoms. The van der Waals surface area contributed by atoms with Crippen molar-refractivity contribution in [1.29, 1.82) is 0 Å². The number of thioether (sulfide) groups is 1. The quantitative estimate of drug-likeness (QED) is 0.834. The fourth-order valence-corrected chi connectivity index (χ4v) is 2.60. The molecule has 0 aliphatic heterocycles. The normalized spacial score (nSPS) is 11.5. The molecule has 0 unspecified atom stereocenters. The van der Waals surface area contributed by atoms with Crippen LogP contribution in [0.2, 0.25) is 0 Å². The highest BCUT2D eigenvalue weighted by Gasteiger charge is 2.14. The molecule has 2 rings (SSSR count). The number of rotatable bonds is 5. The molecule has 2 amide bonds. The van der Waals surface area contributed by atoms with E-state index in [1.165, 1.54) is 17.3 Å². The lowest BCUT2D eigenvalue weighted by Crippen LogP contribution is -2.44. The van der Waals surface area contributed by atoms with Gasteiger partial charge >= 0.3 is 0 Å². The van der Waals surface area contributed by atoms with E-state index in [-0.39, 0.29) is 17.1 Å². The number of hydrogen-bond acceptors (Lipinski definition) is 3. The molecule has 4 nitrogen and oxygen atoms in total. The average molecular weight is 314 g/mol. The van der Waals surface area contributed by atoms with Crippen molar-refractivity contribution >= 4 is 23.6 Å². The smallest absolute Gasteiger partial charge is 0.269 e. The van der Waals surface area contributed by atoms with Gasteiger partial charge in [0.25, 0.3) is 11.8 Å². The summed E-state index contributed by atoms with van der Waals surface area (Å²) in [6.45, 7) is 1.82. The maximum absolute atomic E-state index is 12.0. The molecule has 0 radical (unpaired) electrons. The van der Waals surface area contributed by atoms with Crippen LogP contribution >= 0.6 is 11.8 Å². The van der Waals surface area contributed by atoms with E-state index in [1.807, 2.05) is 43.3 Å². The molecular weight excluding hydrogens is 296 g/mol. The first kappa shape index (κ1) is 16.1. The minimum atomic E-state index is -0.325. The third kappa shape index (κ3) is 4.93. The van der Waals surface area contributed by atoms with E-state index in [9.17, 15) is 9.59 Å². The maximum Gasteiger partial charge on any atom is 0.269 e. The van der Waals surface area contributed by atoms with E-state index in [0.717, 1.165) is 5.75 Å². The molecule has 0 bridgehead atoms. The molecule has 0 saturated heterocycles. The van der Waals surface area contributed by atoms with Crippen molar-refractivity contribution in [2.75, 3.05) is 0 Å². The number of amides is 2. The van der Waals surface area contributed by atoms with Crippen LogP contribution in [-0.4, -0.2) is 17.1 Å². The predicted molar refractivity (Wildman–Crippen MR) is 89.2 cm³/mol. The molecular formula is C17H18N2O2S. The maximum atomic E-state index is 12.0. The van der Waals surface area contributed by atoms with Crippen LogP contribution < -0.4 is 10.9 Å². The zero-order valence-corrected chi connectivity index (χ0v) is 13.1. The molecule has 5 heteroatoms. The summed E-state index contributed by atoms with van der Waals surface area (Å²) in [4.78, 5) is 23.8. The lowest BCUT2D eigenvalue weighted by molar-refractivity contribution is -0.121. The van der Waals surface area contributed by atoms with Crippen LogP contribution in [0, 0.1) is 0 Å². The predicted octanol–water partition coefficient (Wildman–Crippen LogP) is 2.77. The molecule has 0 saturated carbocycles. The summed E-state index contributed by atoms with van der Waals surface area (Å²) in [5.41, 5.74) is 6.56. The van der Waals surface area contributed by atoms with Gasteiger partial charge in [0.05, 0.1) is 5.25 Å². The second kappa shape index (κ2) is 8.24. The van der Waals surface area contributed by atoms with Crippen molar-refractivity contribution in [3.05, 3.63) is 71.8 Å². The summed E-state index contributed by atoms with van der Waals surface area (Å²) in [5.74, 6) is 0.210. The molecule has 2 aromatic carbocycles.